The fourth-order valence-electron chi connectivity index (χ4n) is 1.87. The average Bonchev–Trinajstić information content (AvgIpc) is 2.83. The van der Waals surface area contributed by atoms with Crippen molar-refractivity contribution >= 4 is 22.4 Å². The molecule has 0 aliphatic carbocycles. The Labute approximate surface area is 103 Å². The van der Waals surface area contributed by atoms with Crippen molar-refractivity contribution in [3.05, 3.63) is 24.3 Å². The minimum absolute atomic E-state index is 0.0161. The molecule has 0 saturated carbocycles. The highest BCUT2D eigenvalue weighted by Gasteiger charge is 2.20. The smallest absolute Gasteiger partial charge is 0.235 e. The number of hydrogen-bond donors (Lipinski definition) is 1. The number of likely N-dealkylation sites (tertiary alicyclic amines) is 1. The third kappa shape index (κ3) is 3.06. The van der Waals surface area contributed by atoms with E-state index < -0.39 is 10.8 Å². The van der Waals surface area contributed by atoms with Gasteiger partial charge in [-0.05, 0) is 37.1 Å². The number of hydrogen-bond acceptors (Lipinski definition) is 3. The Kier molecular flexibility index (Phi) is 3.78. The third-order valence-electron chi connectivity index (χ3n) is 2.86. The van der Waals surface area contributed by atoms with Crippen molar-refractivity contribution in [2.24, 2.45) is 0 Å². The van der Waals surface area contributed by atoms with Gasteiger partial charge in [0.2, 0.25) is 5.91 Å². The molecule has 1 aromatic rings. The van der Waals surface area contributed by atoms with Gasteiger partial charge in [0.1, 0.15) is 5.75 Å². The van der Waals surface area contributed by atoms with E-state index in [1.54, 1.807) is 29.2 Å². The van der Waals surface area contributed by atoms with Crippen LogP contribution in [0.1, 0.15) is 12.8 Å². The Hall–Kier alpha value is -1.36. The summed E-state index contributed by atoms with van der Waals surface area (Å²) in [6.07, 6.45) is 2.11. The van der Waals surface area contributed by atoms with Crippen LogP contribution in [-0.4, -0.2) is 33.9 Å². The summed E-state index contributed by atoms with van der Waals surface area (Å²) in [6.45, 7) is 1.61. The van der Waals surface area contributed by atoms with Gasteiger partial charge in [0.05, 0.1) is 10.8 Å². The van der Waals surface area contributed by atoms with Crippen molar-refractivity contribution < 1.29 is 9.00 Å². The van der Waals surface area contributed by atoms with Crippen LogP contribution in [0.25, 0.3) is 0 Å². The number of nitrogens with zero attached hydrogens (tertiary/aromatic N) is 1. The van der Waals surface area contributed by atoms with Crippen LogP contribution >= 0.6 is 0 Å². The average molecular weight is 252 g/mol. The summed E-state index contributed by atoms with van der Waals surface area (Å²) in [5.41, 5.74) is 6.19. The topological polar surface area (TPSA) is 63.4 Å². The van der Waals surface area contributed by atoms with Crippen LogP contribution in [0, 0.1) is 0 Å². The molecule has 1 aromatic carbocycles. The lowest BCUT2D eigenvalue weighted by Gasteiger charge is -2.14. The van der Waals surface area contributed by atoms with Crippen LogP contribution in [-0.2, 0) is 15.6 Å². The fourth-order valence-corrected chi connectivity index (χ4v) is 2.89. The molecule has 5 heteroatoms. The number of nitrogen functional groups attached to an aromatic ring is 1. The zero-order valence-electron chi connectivity index (χ0n) is 9.59. The molecule has 0 aromatic heterocycles. The van der Waals surface area contributed by atoms with Gasteiger partial charge in [-0.1, -0.05) is 0 Å². The first-order valence-electron chi connectivity index (χ1n) is 5.68. The molecule has 1 saturated heterocycles. The molecule has 0 bridgehead atoms. The second-order valence-corrected chi connectivity index (χ2v) is 5.60. The van der Waals surface area contributed by atoms with Gasteiger partial charge in [0.25, 0.3) is 0 Å². The molecular formula is C12H16N2O2S. The number of anilines is 1. The molecule has 1 unspecified atom stereocenters. The van der Waals surface area contributed by atoms with E-state index in [0.717, 1.165) is 25.9 Å². The second kappa shape index (κ2) is 5.31. The van der Waals surface area contributed by atoms with Gasteiger partial charge in [0, 0.05) is 23.7 Å². The van der Waals surface area contributed by atoms with E-state index in [1.165, 1.54) is 0 Å². The summed E-state index contributed by atoms with van der Waals surface area (Å²) in [6, 6.07) is 6.83. The number of rotatable bonds is 3. The fraction of sp³-hybridized carbons (Fsp3) is 0.417. The molecule has 1 atom stereocenters. The Morgan fingerprint density at radius 2 is 1.82 bits per heavy atom. The SMILES string of the molecule is Nc1ccc(S(=O)CC(=O)N2CCCC2)cc1. The predicted molar refractivity (Wildman–Crippen MR) is 67.9 cm³/mol. The number of carbonyl (C=O) groups is 1. The van der Waals surface area contributed by atoms with E-state index in [4.69, 9.17) is 5.73 Å². The van der Waals surface area contributed by atoms with Gasteiger partial charge in [-0.2, -0.15) is 0 Å². The Morgan fingerprint density at radius 3 is 2.41 bits per heavy atom. The molecule has 1 aliphatic rings. The van der Waals surface area contributed by atoms with Gasteiger partial charge >= 0.3 is 0 Å². The molecule has 2 rings (SSSR count). The normalized spacial score (nSPS) is 17.1. The standard InChI is InChI=1S/C12H16N2O2S/c13-10-3-5-11(6-4-10)17(16)9-12(15)14-7-1-2-8-14/h3-6H,1-2,7-9,13H2. The first-order chi connectivity index (χ1) is 8.16. The molecule has 2 N–H and O–H groups in total. The molecule has 1 aliphatic heterocycles. The van der Waals surface area contributed by atoms with E-state index >= 15 is 0 Å². The summed E-state index contributed by atoms with van der Waals surface area (Å²) >= 11 is 0. The minimum Gasteiger partial charge on any atom is -0.399 e. The zero-order chi connectivity index (χ0) is 12.3. The minimum atomic E-state index is -1.26. The summed E-state index contributed by atoms with van der Waals surface area (Å²) in [7, 11) is -1.26. The number of nitrogens with two attached hydrogens (primary N) is 1. The number of carbonyl (C=O) groups excluding carboxylic acids is 1. The molecule has 1 amide bonds. The van der Waals surface area contributed by atoms with Crippen LogP contribution in [0.15, 0.2) is 29.2 Å². The van der Waals surface area contributed by atoms with Crippen LogP contribution in [0.3, 0.4) is 0 Å². The summed E-state index contributed by atoms with van der Waals surface area (Å²) in [5, 5.41) is 0. The van der Waals surface area contributed by atoms with Crippen molar-refractivity contribution in [3.8, 4) is 0 Å². The van der Waals surface area contributed by atoms with E-state index in [1.807, 2.05) is 0 Å². The first-order valence-corrected chi connectivity index (χ1v) is 7.00. The maximum Gasteiger partial charge on any atom is 0.235 e. The maximum atomic E-state index is 11.9. The van der Waals surface area contributed by atoms with Crippen LogP contribution in [0.4, 0.5) is 5.69 Å². The van der Waals surface area contributed by atoms with E-state index in [0.29, 0.717) is 10.6 Å². The largest absolute Gasteiger partial charge is 0.399 e. The van der Waals surface area contributed by atoms with Gasteiger partial charge in [-0.3, -0.25) is 9.00 Å². The van der Waals surface area contributed by atoms with Crippen molar-refractivity contribution in [1.29, 1.82) is 0 Å². The van der Waals surface area contributed by atoms with E-state index in [9.17, 15) is 9.00 Å². The Bertz CT molecular complexity index is 425. The van der Waals surface area contributed by atoms with Crippen molar-refractivity contribution in [2.45, 2.75) is 17.7 Å². The number of benzene rings is 1. The molecular weight excluding hydrogens is 236 g/mol. The molecule has 0 radical (unpaired) electrons. The summed E-state index contributed by atoms with van der Waals surface area (Å²) in [5.74, 6) is 0.0573. The van der Waals surface area contributed by atoms with Gasteiger partial charge in [-0.25, -0.2) is 0 Å². The van der Waals surface area contributed by atoms with E-state index in [2.05, 4.69) is 0 Å². The van der Waals surface area contributed by atoms with Crippen LogP contribution in [0.2, 0.25) is 0 Å². The molecule has 1 fully saturated rings. The second-order valence-electron chi connectivity index (χ2n) is 4.15. The molecule has 0 spiro atoms. The summed E-state index contributed by atoms with van der Waals surface area (Å²) in [4.78, 5) is 14.3. The molecule has 92 valence electrons. The van der Waals surface area contributed by atoms with Gasteiger partial charge in [0.15, 0.2) is 0 Å². The highest BCUT2D eigenvalue weighted by Crippen LogP contribution is 2.12. The van der Waals surface area contributed by atoms with E-state index in [-0.39, 0.29) is 11.7 Å². The molecule has 4 nitrogen and oxygen atoms in total. The lowest BCUT2D eigenvalue weighted by Crippen LogP contribution is -2.31. The highest BCUT2D eigenvalue weighted by atomic mass is 32.2. The quantitative estimate of drug-likeness (QED) is 0.816. The third-order valence-corrected chi connectivity index (χ3v) is 4.16. The molecule has 17 heavy (non-hydrogen) atoms. The zero-order valence-corrected chi connectivity index (χ0v) is 10.4. The lowest BCUT2D eigenvalue weighted by molar-refractivity contribution is -0.127. The number of amides is 1. The maximum absolute atomic E-state index is 11.9. The van der Waals surface area contributed by atoms with Gasteiger partial charge in [-0.15, -0.1) is 0 Å². The Morgan fingerprint density at radius 1 is 1.24 bits per heavy atom. The van der Waals surface area contributed by atoms with Crippen LogP contribution in [0.5, 0.6) is 0 Å². The van der Waals surface area contributed by atoms with Gasteiger partial charge < -0.3 is 10.6 Å². The predicted octanol–water partition coefficient (Wildman–Crippen LogP) is 0.999. The van der Waals surface area contributed by atoms with Crippen LogP contribution < -0.4 is 5.73 Å². The lowest BCUT2D eigenvalue weighted by atomic mass is 10.3. The Balaban J connectivity index is 1.96. The monoisotopic (exact) mass is 252 g/mol. The first kappa shape index (κ1) is 12.1. The van der Waals surface area contributed by atoms with Crippen molar-refractivity contribution in [3.63, 3.8) is 0 Å². The van der Waals surface area contributed by atoms with Crippen molar-refractivity contribution in [1.82, 2.24) is 4.90 Å². The highest BCUT2D eigenvalue weighted by molar-refractivity contribution is 7.85. The summed E-state index contributed by atoms with van der Waals surface area (Å²) < 4.78 is 11.9. The van der Waals surface area contributed by atoms with Crippen molar-refractivity contribution in [2.75, 3.05) is 24.6 Å². The molecule has 1 heterocycles.